The zero-order valence-corrected chi connectivity index (χ0v) is 15.6. The van der Waals surface area contributed by atoms with Crippen LogP contribution in [0.2, 0.25) is 0 Å². The summed E-state index contributed by atoms with van der Waals surface area (Å²) in [7, 11) is 0. The van der Waals surface area contributed by atoms with Crippen molar-refractivity contribution in [3.05, 3.63) is 64.7 Å². The fourth-order valence-corrected chi connectivity index (χ4v) is 4.20. The molecule has 1 fully saturated rings. The molecule has 1 atom stereocenters. The summed E-state index contributed by atoms with van der Waals surface area (Å²) in [5.74, 6) is 0.00296. The van der Waals surface area contributed by atoms with Crippen LogP contribution in [-0.2, 0) is 12.8 Å². The van der Waals surface area contributed by atoms with Crippen molar-refractivity contribution in [2.24, 2.45) is 0 Å². The van der Waals surface area contributed by atoms with Crippen LogP contribution in [0.15, 0.2) is 42.5 Å². The minimum absolute atomic E-state index is 0.00296. The van der Waals surface area contributed by atoms with E-state index in [1.54, 1.807) is 0 Å². The molecule has 0 bridgehead atoms. The van der Waals surface area contributed by atoms with E-state index in [0.29, 0.717) is 0 Å². The molecule has 0 saturated carbocycles. The van der Waals surface area contributed by atoms with Crippen molar-refractivity contribution in [3.63, 3.8) is 0 Å². The molecule has 3 heteroatoms. The number of carbonyl (C=O) groups is 1. The number of anilines is 1. The van der Waals surface area contributed by atoms with E-state index >= 15 is 0 Å². The molecule has 3 nitrogen and oxygen atoms in total. The van der Waals surface area contributed by atoms with E-state index in [1.165, 1.54) is 60.9 Å². The van der Waals surface area contributed by atoms with E-state index in [-0.39, 0.29) is 11.9 Å². The van der Waals surface area contributed by atoms with Gasteiger partial charge in [-0.05, 0) is 86.4 Å². The van der Waals surface area contributed by atoms with Crippen LogP contribution in [0.1, 0.15) is 65.7 Å². The number of carbonyl (C=O) groups excluding carboxylic acids is 1. The van der Waals surface area contributed by atoms with Gasteiger partial charge >= 0.3 is 0 Å². The number of hydrogen-bond donors (Lipinski definition) is 1. The molecule has 1 unspecified atom stereocenters. The molecule has 0 radical (unpaired) electrons. The predicted molar refractivity (Wildman–Crippen MR) is 107 cm³/mol. The highest BCUT2D eigenvalue weighted by Crippen LogP contribution is 2.26. The average molecular weight is 348 g/mol. The molecule has 2 aromatic carbocycles. The van der Waals surface area contributed by atoms with Crippen LogP contribution in [0.25, 0.3) is 0 Å². The van der Waals surface area contributed by atoms with Crippen LogP contribution < -0.4 is 10.2 Å². The van der Waals surface area contributed by atoms with Gasteiger partial charge < -0.3 is 10.2 Å². The normalized spacial score (nSPS) is 17.7. The number of benzene rings is 2. The number of fused-ring (bicyclic) bond motifs is 1. The van der Waals surface area contributed by atoms with Gasteiger partial charge in [-0.25, -0.2) is 0 Å². The Labute approximate surface area is 156 Å². The van der Waals surface area contributed by atoms with E-state index in [1.807, 2.05) is 12.1 Å². The van der Waals surface area contributed by atoms with E-state index in [2.05, 4.69) is 47.5 Å². The summed E-state index contributed by atoms with van der Waals surface area (Å²) in [6.45, 7) is 4.32. The van der Waals surface area contributed by atoms with E-state index in [0.717, 1.165) is 18.7 Å². The third-order valence-corrected chi connectivity index (χ3v) is 5.82. The first kappa shape index (κ1) is 17.1. The number of rotatable bonds is 4. The lowest BCUT2D eigenvalue weighted by Crippen LogP contribution is -2.29. The maximum atomic E-state index is 12.6. The zero-order chi connectivity index (χ0) is 17.9. The summed E-state index contributed by atoms with van der Waals surface area (Å²) in [5, 5.41) is 3.15. The van der Waals surface area contributed by atoms with Gasteiger partial charge in [0.2, 0.25) is 0 Å². The molecule has 0 spiro atoms. The van der Waals surface area contributed by atoms with Gasteiger partial charge in [0.15, 0.2) is 0 Å². The summed E-state index contributed by atoms with van der Waals surface area (Å²) in [4.78, 5) is 15.0. The molecule has 136 valence electrons. The van der Waals surface area contributed by atoms with Crippen molar-refractivity contribution < 1.29 is 4.79 Å². The quantitative estimate of drug-likeness (QED) is 0.872. The van der Waals surface area contributed by atoms with Crippen LogP contribution in [0.4, 0.5) is 5.69 Å². The summed E-state index contributed by atoms with van der Waals surface area (Å²) in [5.41, 5.74) is 6.09. The van der Waals surface area contributed by atoms with Crippen LogP contribution >= 0.6 is 0 Å². The standard InChI is InChI=1S/C23H28N2O/c1-17(20-9-8-18-6-5-7-21(18)16-20)24-23(26)19-10-12-22(13-11-19)25-14-3-2-4-15-25/h8-13,16-17H,2-7,14-15H2,1H3,(H,24,26). The monoisotopic (exact) mass is 348 g/mol. The third-order valence-electron chi connectivity index (χ3n) is 5.82. The molecule has 26 heavy (non-hydrogen) atoms. The molecule has 4 rings (SSSR count). The average Bonchev–Trinajstić information content (AvgIpc) is 3.16. The fraction of sp³-hybridized carbons (Fsp3) is 0.435. The van der Waals surface area contributed by atoms with E-state index in [4.69, 9.17) is 0 Å². The second kappa shape index (κ2) is 7.53. The highest BCUT2D eigenvalue weighted by atomic mass is 16.1. The molecule has 1 saturated heterocycles. The molecule has 1 aliphatic heterocycles. The van der Waals surface area contributed by atoms with Gasteiger partial charge in [0.25, 0.3) is 5.91 Å². The van der Waals surface area contributed by atoms with Crippen LogP contribution in [-0.4, -0.2) is 19.0 Å². The van der Waals surface area contributed by atoms with Crippen molar-refractivity contribution in [1.82, 2.24) is 5.32 Å². The first-order valence-corrected chi connectivity index (χ1v) is 9.98. The first-order valence-electron chi connectivity index (χ1n) is 9.98. The molecule has 1 amide bonds. The van der Waals surface area contributed by atoms with Gasteiger partial charge in [-0.1, -0.05) is 18.2 Å². The molecule has 1 N–H and O–H groups in total. The Bertz CT molecular complexity index is 775. The number of amides is 1. The minimum Gasteiger partial charge on any atom is -0.372 e. The van der Waals surface area contributed by atoms with E-state index < -0.39 is 0 Å². The maximum Gasteiger partial charge on any atom is 0.251 e. The summed E-state index contributed by atoms with van der Waals surface area (Å²) >= 11 is 0. The molecule has 2 aliphatic rings. The van der Waals surface area contributed by atoms with Gasteiger partial charge in [0.1, 0.15) is 0 Å². The van der Waals surface area contributed by atoms with Gasteiger partial charge in [0.05, 0.1) is 6.04 Å². The van der Waals surface area contributed by atoms with Crippen molar-refractivity contribution >= 4 is 11.6 Å². The Morgan fingerprint density at radius 1 is 0.923 bits per heavy atom. The number of aryl methyl sites for hydroxylation is 2. The second-order valence-electron chi connectivity index (χ2n) is 7.67. The smallest absolute Gasteiger partial charge is 0.251 e. The lowest BCUT2D eigenvalue weighted by Gasteiger charge is -2.28. The summed E-state index contributed by atoms with van der Waals surface area (Å²) in [6.07, 6.45) is 7.48. The largest absolute Gasteiger partial charge is 0.372 e. The Morgan fingerprint density at radius 2 is 1.65 bits per heavy atom. The summed E-state index contributed by atoms with van der Waals surface area (Å²) in [6, 6.07) is 14.8. The van der Waals surface area contributed by atoms with Crippen molar-refractivity contribution in [2.75, 3.05) is 18.0 Å². The molecular formula is C23H28N2O. The Morgan fingerprint density at radius 3 is 2.42 bits per heavy atom. The lowest BCUT2D eigenvalue weighted by molar-refractivity contribution is 0.0940. The number of hydrogen-bond acceptors (Lipinski definition) is 2. The predicted octanol–water partition coefficient (Wildman–Crippen LogP) is 4.66. The van der Waals surface area contributed by atoms with Gasteiger partial charge in [-0.2, -0.15) is 0 Å². The SMILES string of the molecule is CC(NC(=O)c1ccc(N2CCCCC2)cc1)c1ccc2c(c1)CCC2. The first-order chi connectivity index (χ1) is 12.7. The minimum atomic E-state index is 0.00296. The second-order valence-corrected chi connectivity index (χ2v) is 7.67. The van der Waals surface area contributed by atoms with Crippen LogP contribution in [0, 0.1) is 0 Å². The molecule has 0 aromatic heterocycles. The van der Waals surface area contributed by atoms with E-state index in [9.17, 15) is 4.79 Å². The van der Waals surface area contributed by atoms with Gasteiger partial charge in [-0.15, -0.1) is 0 Å². The van der Waals surface area contributed by atoms with Crippen molar-refractivity contribution in [1.29, 1.82) is 0 Å². The molecule has 2 aromatic rings. The highest BCUT2D eigenvalue weighted by Gasteiger charge is 2.16. The number of piperidine rings is 1. The molecule has 1 heterocycles. The van der Waals surface area contributed by atoms with Crippen molar-refractivity contribution in [3.8, 4) is 0 Å². The maximum absolute atomic E-state index is 12.6. The summed E-state index contributed by atoms with van der Waals surface area (Å²) < 4.78 is 0. The highest BCUT2D eigenvalue weighted by molar-refractivity contribution is 5.94. The van der Waals surface area contributed by atoms with Crippen molar-refractivity contribution in [2.45, 2.75) is 51.5 Å². The van der Waals surface area contributed by atoms with Gasteiger partial charge in [-0.3, -0.25) is 4.79 Å². The lowest BCUT2D eigenvalue weighted by atomic mass is 10.0. The van der Waals surface area contributed by atoms with Crippen LogP contribution in [0.5, 0.6) is 0 Å². The fourth-order valence-electron chi connectivity index (χ4n) is 4.20. The molecular weight excluding hydrogens is 320 g/mol. The Balaban J connectivity index is 1.41. The van der Waals surface area contributed by atoms with Gasteiger partial charge in [0, 0.05) is 24.3 Å². The van der Waals surface area contributed by atoms with Crippen LogP contribution in [0.3, 0.4) is 0 Å². The zero-order valence-electron chi connectivity index (χ0n) is 15.6. The Hall–Kier alpha value is -2.29. The molecule has 1 aliphatic carbocycles. The number of nitrogens with zero attached hydrogens (tertiary/aromatic N) is 1. The Kier molecular flexibility index (Phi) is 4.96. The topological polar surface area (TPSA) is 32.3 Å². The third kappa shape index (κ3) is 3.62. The number of nitrogens with one attached hydrogen (secondary N) is 1.